The van der Waals surface area contributed by atoms with E-state index < -0.39 is 0 Å². The van der Waals surface area contributed by atoms with E-state index in [4.69, 9.17) is 0 Å². The average molecular weight is 119 g/mol. The summed E-state index contributed by atoms with van der Waals surface area (Å²) in [4.78, 5) is 4.14. The van der Waals surface area contributed by atoms with Crippen molar-refractivity contribution >= 4 is 17.6 Å². The van der Waals surface area contributed by atoms with Gasteiger partial charge in [-0.3, -0.25) is 4.99 Å². The van der Waals surface area contributed by atoms with Gasteiger partial charge in [-0.1, -0.05) is 6.08 Å². The zero-order chi connectivity index (χ0) is 6.10. The molecule has 0 amide bonds. The van der Waals surface area contributed by atoms with Crippen LogP contribution in [0.3, 0.4) is 0 Å². The molecular weight excluding hydrogens is 114 g/mol. The predicted octanol–water partition coefficient (Wildman–Crippen LogP) is 0.438. The van der Waals surface area contributed by atoms with Crippen molar-refractivity contribution in [2.75, 3.05) is 6.54 Å². The molecule has 0 bridgehead atoms. The maximum absolute atomic E-state index is 4.14. The van der Waals surface area contributed by atoms with Gasteiger partial charge in [0.1, 0.15) is 11.4 Å². The molecule has 0 saturated carbocycles. The summed E-state index contributed by atoms with van der Waals surface area (Å²) in [6.07, 6.45) is 5.59. The fourth-order valence-electron chi connectivity index (χ4n) is 0.819. The Labute approximate surface area is 52.5 Å². The number of dihydropyridines is 1. The molecule has 0 aromatic carbocycles. The van der Waals surface area contributed by atoms with Gasteiger partial charge in [-0.2, -0.15) is 5.10 Å². The van der Waals surface area contributed by atoms with E-state index in [0.717, 1.165) is 18.0 Å². The molecule has 3 heteroatoms. The van der Waals surface area contributed by atoms with Crippen molar-refractivity contribution in [1.29, 1.82) is 0 Å². The van der Waals surface area contributed by atoms with Crippen LogP contribution in [0.25, 0.3) is 0 Å². The van der Waals surface area contributed by atoms with Crippen LogP contribution in [0.5, 0.6) is 0 Å². The van der Waals surface area contributed by atoms with Gasteiger partial charge in [0.2, 0.25) is 0 Å². The topological polar surface area (TPSA) is 37.1 Å². The molecule has 0 aliphatic carbocycles. The van der Waals surface area contributed by atoms with Crippen molar-refractivity contribution in [1.82, 2.24) is 0 Å². The first-order valence-electron chi connectivity index (χ1n) is 2.79. The summed E-state index contributed by atoms with van der Waals surface area (Å²) in [7, 11) is 0. The predicted molar refractivity (Wildman–Crippen MR) is 37.4 cm³/mol. The summed E-state index contributed by atoms with van der Waals surface area (Å²) in [5.41, 5.74) is 1.80. The monoisotopic (exact) mass is 119 g/mol. The highest BCUT2D eigenvalue weighted by atomic mass is 15.2. The van der Waals surface area contributed by atoms with Crippen molar-refractivity contribution in [3.63, 3.8) is 0 Å². The van der Waals surface area contributed by atoms with E-state index in [9.17, 15) is 0 Å². The standard InChI is InChI=1S/C6H5N3/c1-2-5-6(7-3-1)4-8-9-5/h1-2,4H,3H2. The van der Waals surface area contributed by atoms with E-state index in [-0.39, 0.29) is 0 Å². The van der Waals surface area contributed by atoms with Gasteiger partial charge in [0, 0.05) is 0 Å². The Morgan fingerprint density at radius 3 is 3.22 bits per heavy atom. The van der Waals surface area contributed by atoms with E-state index >= 15 is 0 Å². The molecule has 0 aromatic heterocycles. The van der Waals surface area contributed by atoms with Gasteiger partial charge in [0.15, 0.2) is 0 Å². The Morgan fingerprint density at radius 1 is 1.33 bits per heavy atom. The fourth-order valence-corrected chi connectivity index (χ4v) is 0.819. The highest BCUT2D eigenvalue weighted by molar-refractivity contribution is 6.67. The molecule has 2 aliphatic heterocycles. The van der Waals surface area contributed by atoms with Gasteiger partial charge >= 0.3 is 0 Å². The molecule has 0 N–H and O–H groups in total. The second-order valence-corrected chi connectivity index (χ2v) is 1.86. The third-order valence-corrected chi connectivity index (χ3v) is 1.25. The van der Waals surface area contributed by atoms with Crippen LogP contribution in [0.15, 0.2) is 27.3 Å². The second kappa shape index (κ2) is 1.62. The van der Waals surface area contributed by atoms with Crippen LogP contribution in [0.1, 0.15) is 0 Å². The lowest BCUT2D eigenvalue weighted by Crippen LogP contribution is -2.12. The SMILES string of the molecule is C1=CC2=NN=CC2=NC1. The Morgan fingerprint density at radius 2 is 2.33 bits per heavy atom. The number of hydrogen-bond acceptors (Lipinski definition) is 3. The first-order valence-corrected chi connectivity index (χ1v) is 2.79. The van der Waals surface area contributed by atoms with Crippen LogP contribution in [-0.2, 0) is 0 Å². The molecule has 0 spiro atoms. The molecule has 0 fully saturated rings. The molecule has 2 heterocycles. The van der Waals surface area contributed by atoms with Crippen LogP contribution < -0.4 is 0 Å². The largest absolute Gasteiger partial charge is 0.277 e. The summed E-state index contributed by atoms with van der Waals surface area (Å²) < 4.78 is 0. The minimum atomic E-state index is 0.764. The number of fused-ring (bicyclic) bond motifs is 1. The Hall–Kier alpha value is -1.25. The van der Waals surface area contributed by atoms with Crippen LogP contribution in [-0.4, -0.2) is 24.2 Å². The summed E-state index contributed by atoms with van der Waals surface area (Å²) in [6, 6.07) is 0. The molecule has 2 rings (SSSR count). The molecule has 0 atom stereocenters. The van der Waals surface area contributed by atoms with Crippen molar-refractivity contribution < 1.29 is 0 Å². The van der Waals surface area contributed by atoms with Crippen LogP contribution in [0, 0.1) is 0 Å². The van der Waals surface area contributed by atoms with Gasteiger partial charge < -0.3 is 0 Å². The third-order valence-electron chi connectivity index (χ3n) is 1.25. The van der Waals surface area contributed by atoms with E-state index in [1.165, 1.54) is 0 Å². The molecule has 0 radical (unpaired) electrons. The quantitative estimate of drug-likeness (QED) is 0.443. The number of rotatable bonds is 0. The lowest BCUT2D eigenvalue weighted by Gasteiger charge is -1.97. The van der Waals surface area contributed by atoms with Crippen molar-refractivity contribution in [3.05, 3.63) is 12.2 Å². The molecule has 44 valence electrons. The van der Waals surface area contributed by atoms with E-state index in [1.54, 1.807) is 6.21 Å². The zero-order valence-electron chi connectivity index (χ0n) is 4.78. The van der Waals surface area contributed by atoms with Crippen molar-refractivity contribution in [3.8, 4) is 0 Å². The summed E-state index contributed by atoms with van der Waals surface area (Å²) in [5, 5.41) is 7.54. The lowest BCUT2D eigenvalue weighted by atomic mass is 10.2. The zero-order valence-corrected chi connectivity index (χ0v) is 4.78. The van der Waals surface area contributed by atoms with E-state index in [1.807, 2.05) is 12.2 Å². The maximum Gasteiger partial charge on any atom is 0.112 e. The lowest BCUT2D eigenvalue weighted by molar-refractivity contribution is 1.24. The highest BCUT2D eigenvalue weighted by Crippen LogP contribution is 1.99. The third kappa shape index (κ3) is 0.614. The number of hydrogen-bond donors (Lipinski definition) is 0. The number of allylic oxidation sites excluding steroid dienone is 1. The van der Waals surface area contributed by atoms with Crippen molar-refractivity contribution in [2.45, 2.75) is 0 Å². The maximum atomic E-state index is 4.14. The smallest absolute Gasteiger partial charge is 0.112 e. The molecule has 0 aromatic rings. The van der Waals surface area contributed by atoms with E-state index in [2.05, 4.69) is 15.2 Å². The van der Waals surface area contributed by atoms with Crippen LogP contribution >= 0.6 is 0 Å². The highest BCUT2D eigenvalue weighted by Gasteiger charge is 2.09. The van der Waals surface area contributed by atoms with Gasteiger partial charge in [-0.05, 0) is 6.08 Å². The van der Waals surface area contributed by atoms with Gasteiger partial charge in [0.05, 0.1) is 12.8 Å². The summed E-state index contributed by atoms with van der Waals surface area (Å²) >= 11 is 0. The summed E-state index contributed by atoms with van der Waals surface area (Å²) in [6.45, 7) is 0.764. The number of nitrogens with zero attached hydrogens (tertiary/aromatic N) is 3. The minimum absolute atomic E-state index is 0.764. The molecular formula is C6H5N3. The van der Waals surface area contributed by atoms with Crippen LogP contribution in [0.2, 0.25) is 0 Å². The molecule has 0 unspecified atom stereocenters. The Bertz CT molecular complexity index is 245. The average Bonchev–Trinajstić information content (AvgIpc) is 2.33. The first kappa shape index (κ1) is 4.61. The molecule has 0 saturated heterocycles. The Kier molecular flexibility index (Phi) is 0.828. The second-order valence-electron chi connectivity index (χ2n) is 1.86. The van der Waals surface area contributed by atoms with Crippen molar-refractivity contribution in [2.24, 2.45) is 15.2 Å². The summed E-state index contributed by atoms with van der Waals surface area (Å²) in [5.74, 6) is 0. The minimum Gasteiger partial charge on any atom is -0.277 e. The van der Waals surface area contributed by atoms with Gasteiger partial charge in [-0.25, -0.2) is 0 Å². The van der Waals surface area contributed by atoms with Gasteiger partial charge in [-0.15, -0.1) is 5.10 Å². The van der Waals surface area contributed by atoms with Crippen LogP contribution in [0.4, 0.5) is 0 Å². The van der Waals surface area contributed by atoms with Gasteiger partial charge in [0.25, 0.3) is 0 Å². The Balaban J connectivity index is 2.46. The normalized spacial score (nSPS) is 21.3. The fraction of sp³-hybridized carbons (Fsp3) is 0.167. The first-order chi connectivity index (χ1) is 4.47. The molecule has 9 heavy (non-hydrogen) atoms. The van der Waals surface area contributed by atoms with E-state index in [0.29, 0.717) is 0 Å². The molecule has 2 aliphatic rings. The number of aliphatic imine (C=N–C) groups is 1. The molecule has 3 nitrogen and oxygen atoms in total.